The molecule has 3 heterocycles. The Kier molecular flexibility index (Phi) is 4.72. The van der Waals surface area contributed by atoms with Gasteiger partial charge in [0, 0.05) is 29.8 Å². The molecule has 0 N–H and O–H groups in total. The molecule has 6 rings (SSSR count). The Morgan fingerprint density at radius 3 is 2.73 bits per heavy atom. The van der Waals surface area contributed by atoms with Gasteiger partial charge in [0.15, 0.2) is 0 Å². The number of hydrogen-bond donors (Lipinski definition) is 0. The molecule has 0 fully saturated rings. The third-order valence-corrected chi connectivity index (χ3v) is 6.31. The number of nitrogens with zero attached hydrogens (tertiary/aromatic N) is 4. The maximum atomic E-state index is 6.12. The predicted octanol–water partition coefficient (Wildman–Crippen LogP) is 4.95. The second kappa shape index (κ2) is 7.89. The molecule has 0 atom stereocenters. The molecule has 0 saturated carbocycles. The van der Waals surface area contributed by atoms with Gasteiger partial charge in [0.1, 0.15) is 29.7 Å². The van der Waals surface area contributed by atoms with Crippen LogP contribution in [0.5, 0.6) is 11.5 Å². The number of hydrogen-bond acceptors (Lipinski definition) is 6. The number of methoxy groups -OCH3 is 1. The van der Waals surface area contributed by atoms with Crippen molar-refractivity contribution < 1.29 is 9.47 Å². The Morgan fingerprint density at radius 1 is 0.939 bits per heavy atom. The summed E-state index contributed by atoms with van der Waals surface area (Å²) in [7, 11) is 1.67. The highest BCUT2D eigenvalue weighted by atomic mass is 16.5. The van der Waals surface area contributed by atoms with E-state index in [9.17, 15) is 0 Å². The summed E-state index contributed by atoms with van der Waals surface area (Å²) in [5.41, 5.74) is 6.89. The van der Waals surface area contributed by atoms with Crippen molar-refractivity contribution in [1.29, 1.82) is 0 Å². The van der Waals surface area contributed by atoms with Gasteiger partial charge in [-0.05, 0) is 59.5 Å². The Morgan fingerprint density at radius 2 is 1.82 bits per heavy atom. The molecule has 0 saturated heterocycles. The van der Waals surface area contributed by atoms with E-state index in [2.05, 4.69) is 51.3 Å². The van der Waals surface area contributed by atoms with Crippen LogP contribution in [0.3, 0.4) is 0 Å². The molecule has 164 valence electrons. The summed E-state index contributed by atoms with van der Waals surface area (Å²) >= 11 is 0. The van der Waals surface area contributed by atoms with E-state index in [1.165, 1.54) is 22.3 Å². The number of aliphatic imine (C=N–C) groups is 1. The number of aryl methyl sites for hydroxylation is 1. The highest BCUT2D eigenvalue weighted by Crippen LogP contribution is 2.34. The van der Waals surface area contributed by atoms with Crippen molar-refractivity contribution in [3.8, 4) is 22.6 Å². The fraction of sp³-hybridized carbons (Fsp3) is 0.222. The third kappa shape index (κ3) is 3.57. The summed E-state index contributed by atoms with van der Waals surface area (Å²) in [5.74, 6) is 3.39. The van der Waals surface area contributed by atoms with E-state index in [1.807, 2.05) is 31.3 Å². The number of aromatic nitrogens is 2. The van der Waals surface area contributed by atoms with Gasteiger partial charge in [0.25, 0.3) is 0 Å². The van der Waals surface area contributed by atoms with Crippen molar-refractivity contribution in [2.75, 3.05) is 25.2 Å². The molecule has 2 aliphatic rings. The molecule has 3 aromatic carbocycles. The first-order chi connectivity index (χ1) is 16.2. The lowest BCUT2D eigenvalue weighted by molar-refractivity contribution is 0.331. The molecular weight excluding hydrogens is 412 g/mol. The van der Waals surface area contributed by atoms with Gasteiger partial charge in [-0.2, -0.15) is 0 Å². The first kappa shape index (κ1) is 19.7. The van der Waals surface area contributed by atoms with E-state index in [0.717, 1.165) is 52.7 Å². The summed E-state index contributed by atoms with van der Waals surface area (Å²) < 4.78 is 11.5. The minimum Gasteiger partial charge on any atom is -0.497 e. The molecule has 2 aliphatic heterocycles. The first-order valence-electron chi connectivity index (χ1n) is 11.1. The SMILES string of the molecule is COc1ccc2c(N3CCOc4ccc(-c5ccc6c(c5)C=NC6)cc4C3)nc(C)nc2c1. The number of ether oxygens (including phenoxy) is 2. The molecule has 0 amide bonds. The predicted molar refractivity (Wildman–Crippen MR) is 131 cm³/mol. The fourth-order valence-electron chi connectivity index (χ4n) is 4.61. The van der Waals surface area contributed by atoms with Crippen LogP contribution in [0.2, 0.25) is 0 Å². The molecule has 4 aromatic rings. The Bertz CT molecular complexity index is 1410. The van der Waals surface area contributed by atoms with E-state index in [-0.39, 0.29) is 0 Å². The minimum atomic E-state index is 0.600. The van der Waals surface area contributed by atoms with Gasteiger partial charge < -0.3 is 14.4 Å². The summed E-state index contributed by atoms with van der Waals surface area (Å²) in [5, 5.41) is 1.01. The second-order valence-electron chi connectivity index (χ2n) is 8.45. The monoisotopic (exact) mass is 436 g/mol. The topological polar surface area (TPSA) is 59.8 Å². The normalized spacial score (nSPS) is 14.5. The van der Waals surface area contributed by atoms with Crippen LogP contribution in [0.25, 0.3) is 22.0 Å². The van der Waals surface area contributed by atoms with Crippen LogP contribution in [0.1, 0.15) is 22.5 Å². The van der Waals surface area contributed by atoms with Crippen LogP contribution in [-0.2, 0) is 13.1 Å². The second-order valence-corrected chi connectivity index (χ2v) is 8.45. The van der Waals surface area contributed by atoms with Gasteiger partial charge in [0.2, 0.25) is 0 Å². The van der Waals surface area contributed by atoms with Crippen LogP contribution < -0.4 is 14.4 Å². The van der Waals surface area contributed by atoms with Gasteiger partial charge in [-0.25, -0.2) is 9.97 Å². The standard InChI is InChI=1S/C27H24N4O2/c1-17-29-25-13-23(32-2)6-7-24(25)27(30-17)31-9-10-33-26-8-5-19(12-22(26)16-31)18-3-4-20-14-28-15-21(20)11-18/h3-8,11-13,15H,9-10,14,16H2,1-2H3. The van der Waals surface area contributed by atoms with E-state index < -0.39 is 0 Å². The van der Waals surface area contributed by atoms with Gasteiger partial charge >= 0.3 is 0 Å². The van der Waals surface area contributed by atoms with Crippen molar-refractivity contribution in [2.45, 2.75) is 20.0 Å². The highest BCUT2D eigenvalue weighted by Gasteiger charge is 2.20. The maximum Gasteiger partial charge on any atom is 0.140 e. The van der Waals surface area contributed by atoms with Crippen LogP contribution in [-0.4, -0.2) is 36.4 Å². The number of benzene rings is 3. The summed E-state index contributed by atoms with van der Waals surface area (Å²) in [4.78, 5) is 16.1. The molecular formula is C27H24N4O2. The zero-order chi connectivity index (χ0) is 22.4. The van der Waals surface area contributed by atoms with Crippen molar-refractivity contribution in [3.63, 3.8) is 0 Å². The summed E-state index contributed by atoms with van der Waals surface area (Å²) in [6.07, 6.45) is 1.96. The van der Waals surface area contributed by atoms with Gasteiger partial charge in [-0.15, -0.1) is 0 Å². The molecule has 0 unspecified atom stereocenters. The Hall–Kier alpha value is -3.93. The van der Waals surface area contributed by atoms with Gasteiger partial charge in [0.05, 0.1) is 25.7 Å². The highest BCUT2D eigenvalue weighted by molar-refractivity contribution is 5.91. The Balaban J connectivity index is 1.39. The van der Waals surface area contributed by atoms with E-state index in [4.69, 9.17) is 14.5 Å². The summed E-state index contributed by atoms with van der Waals surface area (Å²) in [6, 6.07) is 19.0. The number of rotatable bonds is 3. The fourth-order valence-corrected chi connectivity index (χ4v) is 4.61. The molecule has 33 heavy (non-hydrogen) atoms. The van der Waals surface area contributed by atoms with Crippen molar-refractivity contribution in [1.82, 2.24) is 9.97 Å². The van der Waals surface area contributed by atoms with Crippen LogP contribution in [0.4, 0.5) is 5.82 Å². The first-order valence-corrected chi connectivity index (χ1v) is 11.1. The lowest BCUT2D eigenvalue weighted by Gasteiger charge is -2.23. The quantitative estimate of drug-likeness (QED) is 0.455. The van der Waals surface area contributed by atoms with E-state index in [0.29, 0.717) is 13.2 Å². The molecule has 6 nitrogen and oxygen atoms in total. The van der Waals surface area contributed by atoms with Crippen molar-refractivity contribution >= 4 is 22.9 Å². The average molecular weight is 437 g/mol. The zero-order valence-electron chi connectivity index (χ0n) is 18.7. The molecule has 0 spiro atoms. The molecule has 6 heteroatoms. The van der Waals surface area contributed by atoms with Gasteiger partial charge in [-0.3, -0.25) is 4.99 Å². The largest absolute Gasteiger partial charge is 0.497 e. The zero-order valence-corrected chi connectivity index (χ0v) is 18.7. The van der Waals surface area contributed by atoms with Crippen LogP contribution in [0, 0.1) is 6.92 Å². The molecule has 0 aliphatic carbocycles. The van der Waals surface area contributed by atoms with Crippen LogP contribution in [0.15, 0.2) is 59.6 Å². The lowest BCUT2D eigenvalue weighted by Crippen LogP contribution is -2.26. The number of anilines is 1. The Labute approximate surface area is 192 Å². The summed E-state index contributed by atoms with van der Waals surface area (Å²) in [6.45, 7) is 4.77. The number of fused-ring (bicyclic) bond motifs is 3. The van der Waals surface area contributed by atoms with Gasteiger partial charge in [-0.1, -0.05) is 18.2 Å². The third-order valence-electron chi connectivity index (χ3n) is 6.31. The van der Waals surface area contributed by atoms with E-state index >= 15 is 0 Å². The van der Waals surface area contributed by atoms with E-state index in [1.54, 1.807) is 7.11 Å². The minimum absolute atomic E-state index is 0.600. The average Bonchev–Trinajstić information content (AvgIpc) is 3.20. The molecule has 0 radical (unpaired) electrons. The maximum absolute atomic E-state index is 6.12. The van der Waals surface area contributed by atoms with Crippen LogP contribution >= 0.6 is 0 Å². The lowest BCUT2D eigenvalue weighted by atomic mass is 9.98. The van der Waals surface area contributed by atoms with Crippen molar-refractivity contribution in [3.05, 3.63) is 77.1 Å². The molecule has 1 aromatic heterocycles. The van der Waals surface area contributed by atoms with Crippen molar-refractivity contribution in [2.24, 2.45) is 4.99 Å². The molecule has 0 bridgehead atoms. The smallest absolute Gasteiger partial charge is 0.140 e.